The lowest BCUT2D eigenvalue weighted by Crippen LogP contribution is -2.16. The van der Waals surface area contributed by atoms with Gasteiger partial charge in [0.05, 0.1) is 16.4 Å². The van der Waals surface area contributed by atoms with Crippen molar-refractivity contribution in [2.45, 2.75) is 23.6 Å². The number of ether oxygens (including phenoxy) is 1. The standard InChI is InChI=1S/C17H18O5S2/c1-3-22-13-17(23(18,19)15-10-5-4-6-11-15)24(20,21)16-12-8-7-9-14(16)2/h4-13H,3H2,1-2H3. The Kier molecular flexibility index (Phi) is 5.46. The van der Waals surface area contributed by atoms with E-state index in [0.29, 0.717) is 5.56 Å². The maximum atomic E-state index is 13.0. The van der Waals surface area contributed by atoms with Gasteiger partial charge in [-0.25, -0.2) is 16.8 Å². The molecule has 0 saturated heterocycles. The van der Waals surface area contributed by atoms with Crippen molar-refractivity contribution in [2.75, 3.05) is 6.61 Å². The topological polar surface area (TPSA) is 77.5 Å². The van der Waals surface area contributed by atoms with E-state index < -0.39 is 23.9 Å². The lowest BCUT2D eigenvalue weighted by molar-refractivity contribution is 0.269. The van der Waals surface area contributed by atoms with E-state index in [1.165, 1.54) is 30.3 Å². The van der Waals surface area contributed by atoms with Crippen LogP contribution in [0.5, 0.6) is 0 Å². The fourth-order valence-corrected chi connectivity index (χ4v) is 5.92. The van der Waals surface area contributed by atoms with Gasteiger partial charge in [0.25, 0.3) is 0 Å². The summed E-state index contributed by atoms with van der Waals surface area (Å²) in [6, 6.07) is 13.6. The van der Waals surface area contributed by atoms with E-state index in [1.54, 1.807) is 38.1 Å². The third-order valence-electron chi connectivity index (χ3n) is 3.31. The molecule has 24 heavy (non-hydrogen) atoms. The van der Waals surface area contributed by atoms with Crippen LogP contribution in [0.4, 0.5) is 0 Å². The zero-order valence-corrected chi connectivity index (χ0v) is 15.0. The normalized spacial score (nSPS) is 12.8. The van der Waals surface area contributed by atoms with E-state index >= 15 is 0 Å². The monoisotopic (exact) mass is 366 g/mol. The second kappa shape index (κ2) is 7.19. The van der Waals surface area contributed by atoms with Gasteiger partial charge < -0.3 is 4.74 Å². The van der Waals surface area contributed by atoms with Gasteiger partial charge in [-0.05, 0) is 37.6 Å². The molecule has 128 valence electrons. The van der Waals surface area contributed by atoms with Crippen LogP contribution in [0.2, 0.25) is 0 Å². The smallest absolute Gasteiger partial charge is 0.221 e. The van der Waals surface area contributed by atoms with Crippen molar-refractivity contribution in [2.24, 2.45) is 0 Å². The quantitative estimate of drug-likeness (QED) is 0.734. The maximum Gasteiger partial charge on any atom is 0.221 e. The first kappa shape index (κ1) is 18.2. The third kappa shape index (κ3) is 3.52. The Morgan fingerprint density at radius 2 is 1.50 bits per heavy atom. The summed E-state index contributed by atoms with van der Waals surface area (Å²) >= 11 is 0. The predicted octanol–water partition coefficient (Wildman–Crippen LogP) is 3.08. The van der Waals surface area contributed by atoms with E-state index in [4.69, 9.17) is 4.74 Å². The number of sulfone groups is 2. The van der Waals surface area contributed by atoms with Crippen molar-refractivity contribution in [1.82, 2.24) is 0 Å². The van der Waals surface area contributed by atoms with Crippen LogP contribution in [0, 0.1) is 6.92 Å². The van der Waals surface area contributed by atoms with Crippen LogP contribution in [0.1, 0.15) is 12.5 Å². The summed E-state index contributed by atoms with van der Waals surface area (Å²) in [5.74, 6) is 0. The third-order valence-corrected chi connectivity index (χ3v) is 7.81. The number of hydrogen-bond acceptors (Lipinski definition) is 5. The van der Waals surface area contributed by atoms with E-state index in [1.807, 2.05) is 0 Å². The summed E-state index contributed by atoms with van der Waals surface area (Å²) < 4.78 is 55.9. The zero-order valence-electron chi connectivity index (χ0n) is 13.3. The lowest BCUT2D eigenvalue weighted by Gasteiger charge is -2.12. The van der Waals surface area contributed by atoms with Gasteiger partial charge in [-0.2, -0.15) is 0 Å². The fourth-order valence-electron chi connectivity index (χ4n) is 2.10. The largest absolute Gasteiger partial charge is 0.499 e. The molecule has 0 heterocycles. The van der Waals surface area contributed by atoms with Crippen LogP contribution in [-0.2, 0) is 24.4 Å². The number of benzene rings is 2. The zero-order chi connectivity index (χ0) is 17.8. The molecule has 0 aliphatic heterocycles. The molecule has 0 amide bonds. The Labute approximate surface area is 142 Å². The first-order chi connectivity index (χ1) is 11.3. The van der Waals surface area contributed by atoms with Crippen molar-refractivity contribution in [3.05, 3.63) is 70.7 Å². The molecular formula is C17H18O5S2. The first-order valence-corrected chi connectivity index (χ1v) is 10.2. The van der Waals surface area contributed by atoms with Crippen molar-refractivity contribution < 1.29 is 21.6 Å². The summed E-state index contributed by atoms with van der Waals surface area (Å²) in [6.45, 7) is 3.40. The van der Waals surface area contributed by atoms with Crippen LogP contribution >= 0.6 is 0 Å². The van der Waals surface area contributed by atoms with Crippen molar-refractivity contribution in [1.29, 1.82) is 0 Å². The highest BCUT2D eigenvalue weighted by atomic mass is 32.3. The minimum Gasteiger partial charge on any atom is -0.499 e. The van der Waals surface area contributed by atoms with Gasteiger partial charge in [-0.3, -0.25) is 0 Å². The van der Waals surface area contributed by atoms with Gasteiger partial charge in [-0.15, -0.1) is 0 Å². The Hall–Kier alpha value is -2.12. The second-order valence-corrected chi connectivity index (χ2v) is 9.04. The Morgan fingerprint density at radius 3 is 2.08 bits per heavy atom. The Balaban J connectivity index is 2.69. The molecule has 5 nitrogen and oxygen atoms in total. The molecule has 2 aromatic carbocycles. The molecule has 0 radical (unpaired) electrons. The van der Waals surface area contributed by atoms with Crippen LogP contribution in [0.25, 0.3) is 0 Å². The minimum atomic E-state index is -4.26. The average molecular weight is 366 g/mol. The summed E-state index contributed by atoms with van der Waals surface area (Å²) in [4.78, 5) is -0.163. The van der Waals surface area contributed by atoms with E-state index in [0.717, 1.165) is 6.26 Å². The highest BCUT2D eigenvalue weighted by Gasteiger charge is 2.35. The molecule has 0 spiro atoms. The van der Waals surface area contributed by atoms with Crippen molar-refractivity contribution >= 4 is 19.7 Å². The van der Waals surface area contributed by atoms with Gasteiger partial charge in [0.2, 0.25) is 23.9 Å². The highest BCUT2D eigenvalue weighted by molar-refractivity contribution is 8.14. The SMILES string of the molecule is CCOC=C(S(=O)(=O)c1ccccc1)S(=O)(=O)c1ccccc1C. The molecule has 0 bridgehead atoms. The fraction of sp³-hybridized carbons (Fsp3) is 0.176. The Bertz CT molecular complexity index is 943. The molecule has 7 heteroatoms. The predicted molar refractivity (Wildman–Crippen MR) is 91.7 cm³/mol. The van der Waals surface area contributed by atoms with Gasteiger partial charge in [0, 0.05) is 0 Å². The molecule has 0 atom stereocenters. The summed E-state index contributed by atoms with van der Waals surface area (Å²) in [5.41, 5.74) is 0.461. The van der Waals surface area contributed by atoms with E-state index in [-0.39, 0.29) is 16.4 Å². The maximum absolute atomic E-state index is 13.0. The highest BCUT2D eigenvalue weighted by Crippen LogP contribution is 2.30. The summed E-state index contributed by atoms with van der Waals surface area (Å²) in [6.07, 6.45) is 0.810. The lowest BCUT2D eigenvalue weighted by atomic mass is 10.2. The van der Waals surface area contributed by atoms with Crippen LogP contribution in [0.3, 0.4) is 0 Å². The first-order valence-electron chi connectivity index (χ1n) is 7.24. The van der Waals surface area contributed by atoms with Crippen LogP contribution in [0.15, 0.2) is 74.9 Å². The molecule has 0 saturated carbocycles. The van der Waals surface area contributed by atoms with Crippen molar-refractivity contribution in [3.63, 3.8) is 0 Å². The molecule has 0 aliphatic carbocycles. The van der Waals surface area contributed by atoms with Gasteiger partial charge in [0.15, 0.2) is 0 Å². The van der Waals surface area contributed by atoms with Gasteiger partial charge >= 0.3 is 0 Å². The number of hydrogen-bond donors (Lipinski definition) is 0. The molecule has 2 rings (SSSR count). The van der Waals surface area contributed by atoms with E-state index in [2.05, 4.69) is 0 Å². The summed E-state index contributed by atoms with van der Waals surface area (Å²) in [5, 5.41) is 0. The van der Waals surface area contributed by atoms with Gasteiger partial charge in [0.1, 0.15) is 6.26 Å². The molecule has 0 aliphatic rings. The van der Waals surface area contributed by atoms with Crippen LogP contribution < -0.4 is 0 Å². The molecule has 0 N–H and O–H groups in total. The number of aryl methyl sites for hydroxylation is 1. The minimum absolute atomic E-state index is 0.0598. The van der Waals surface area contributed by atoms with Crippen LogP contribution in [-0.4, -0.2) is 23.4 Å². The van der Waals surface area contributed by atoms with E-state index in [9.17, 15) is 16.8 Å². The molecule has 0 aromatic heterocycles. The van der Waals surface area contributed by atoms with Crippen molar-refractivity contribution in [3.8, 4) is 0 Å². The molecular weight excluding hydrogens is 348 g/mol. The molecule has 0 fully saturated rings. The average Bonchev–Trinajstić information content (AvgIpc) is 2.56. The van der Waals surface area contributed by atoms with Gasteiger partial charge in [-0.1, -0.05) is 36.4 Å². The number of rotatable bonds is 6. The second-order valence-electron chi connectivity index (χ2n) is 4.98. The Morgan fingerprint density at radius 1 is 0.917 bits per heavy atom. The molecule has 0 unspecified atom stereocenters. The summed E-state index contributed by atoms with van der Waals surface area (Å²) in [7, 11) is -8.51. The molecule has 2 aromatic rings.